The number of hydrogen-bond acceptors (Lipinski definition) is 4. The highest BCUT2D eigenvalue weighted by Gasteiger charge is 2.15. The van der Waals surface area contributed by atoms with Crippen LogP contribution in [0.1, 0.15) is 23.0 Å². The molecule has 0 saturated heterocycles. The standard InChI is InChI=1S/C14H15BrN4O3/c1-3-22-14(21)18-17-13(20)12-8-16-19(9(12)2)11-6-4-10(15)5-7-11/h4-8H,3H2,1-2H3,(H,17,20)(H,18,21). The Morgan fingerprint density at radius 3 is 2.59 bits per heavy atom. The minimum absolute atomic E-state index is 0.224. The van der Waals surface area contributed by atoms with Crippen molar-refractivity contribution in [3.63, 3.8) is 0 Å². The monoisotopic (exact) mass is 366 g/mol. The molecule has 22 heavy (non-hydrogen) atoms. The Morgan fingerprint density at radius 1 is 1.27 bits per heavy atom. The zero-order valence-corrected chi connectivity index (χ0v) is 13.7. The van der Waals surface area contributed by atoms with E-state index >= 15 is 0 Å². The summed E-state index contributed by atoms with van der Waals surface area (Å²) in [5.41, 5.74) is 6.29. The molecule has 2 N–H and O–H groups in total. The maximum atomic E-state index is 12.0. The summed E-state index contributed by atoms with van der Waals surface area (Å²) >= 11 is 3.37. The summed E-state index contributed by atoms with van der Waals surface area (Å²) in [5, 5.41) is 4.20. The SMILES string of the molecule is CCOC(=O)NNC(=O)c1cnn(-c2ccc(Br)cc2)c1C. The molecule has 0 unspecified atom stereocenters. The van der Waals surface area contributed by atoms with Gasteiger partial charge in [-0.25, -0.2) is 14.9 Å². The summed E-state index contributed by atoms with van der Waals surface area (Å²) in [6.07, 6.45) is 0.730. The van der Waals surface area contributed by atoms with E-state index in [1.54, 1.807) is 18.5 Å². The molecule has 0 fully saturated rings. The summed E-state index contributed by atoms with van der Waals surface area (Å²) in [6, 6.07) is 7.53. The lowest BCUT2D eigenvalue weighted by molar-refractivity contribution is 0.0912. The fraction of sp³-hybridized carbons (Fsp3) is 0.214. The van der Waals surface area contributed by atoms with E-state index in [0.717, 1.165) is 10.2 Å². The van der Waals surface area contributed by atoms with Crippen molar-refractivity contribution < 1.29 is 14.3 Å². The van der Waals surface area contributed by atoms with Gasteiger partial charge in [-0.1, -0.05) is 15.9 Å². The van der Waals surface area contributed by atoms with Crippen LogP contribution < -0.4 is 10.9 Å². The summed E-state index contributed by atoms with van der Waals surface area (Å²) < 4.78 is 7.25. The molecule has 0 aliphatic heterocycles. The van der Waals surface area contributed by atoms with Gasteiger partial charge in [0.05, 0.1) is 29.7 Å². The maximum absolute atomic E-state index is 12.0. The van der Waals surface area contributed by atoms with Gasteiger partial charge in [0.2, 0.25) is 0 Å². The van der Waals surface area contributed by atoms with Crippen molar-refractivity contribution >= 4 is 27.9 Å². The van der Waals surface area contributed by atoms with E-state index in [-0.39, 0.29) is 6.61 Å². The molecule has 0 aliphatic carbocycles. The third-order valence-corrected chi connectivity index (χ3v) is 3.41. The van der Waals surface area contributed by atoms with E-state index < -0.39 is 12.0 Å². The third-order valence-electron chi connectivity index (χ3n) is 2.88. The Balaban J connectivity index is 2.12. The topological polar surface area (TPSA) is 85.2 Å². The van der Waals surface area contributed by atoms with Crippen molar-refractivity contribution in [2.45, 2.75) is 13.8 Å². The Kier molecular flexibility index (Phi) is 5.16. The molecule has 1 aromatic heterocycles. The van der Waals surface area contributed by atoms with Gasteiger partial charge in [-0.05, 0) is 38.1 Å². The quantitative estimate of drug-likeness (QED) is 0.816. The molecule has 0 aliphatic rings. The van der Waals surface area contributed by atoms with Crippen molar-refractivity contribution in [2.75, 3.05) is 6.61 Å². The number of nitrogens with one attached hydrogen (secondary N) is 2. The smallest absolute Gasteiger partial charge is 0.426 e. The van der Waals surface area contributed by atoms with Gasteiger partial charge >= 0.3 is 6.09 Å². The molecule has 0 saturated carbocycles. The molecule has 1 heterocycles. The highest BCUT2D eigenvalue weighted by molar-refractivity contribution is 9.10. The lowest BCUT2D eigenvalue weighted by Crippen LogP contribution is -2.42. The van der Waals surface area contributed by atoms with Crippen LogP contribution in [0.25, 0.3) is 5.69 Å². The number of carbonyl (C=O) groups excluding carboxylic acids is 2. The van der Waals surface area contributed by atoms with Gasteiger partial charge in [-0.3, -0.25) is 10.2 Å². The lowest BCUT2D eigenvalue weighted by Gasteiger charge is -2.07. The van der Waals surface area contributed by atoms with Crippen LogP contribution in [0.3, 0.4) is 0 Å². The van der Waals surface area contributed by atoms with Gasteiger partial charge in [0, 0.05) is 4.47 Å². The van der Waals surface area contributed by atoms with Crippen molar-refractivity contribution in [3.05, 3.63) is 46.2 Å². The van der Waals surface area contributed by atoms with E-state index in [0.29, 0.717) is 11.3 Å². The minimum atomic E-state index is -0.714. The van der Waals surface area contributed by atoms with E-state index in [9.17, 15) is 9.59 Å². The zero-order valence-electron chi connectivity index (χ0n) is 12.1. The Morgan fingerprint density at radius 2 is 1.95 bits per heavy atom. The van der Waals surface area contributed by atoms with Crippen molar-refractivity contribution in [1.29, 1.82) is 0 Å². The van der Waals surface area contributed by atoms with Crippen LogP contribution in [-0.2, 0) is 4.74 Å². The minimum Gasteiger partial charge on any atom is -0.449 e. The van der Waals surface area contributed by atoms with Crippen molar-refractivity contribution in [2.24, 2.45) is 0 Å². The fourth-order valence-electron chi connectivity index (χ4n) is 1.82. The number of nitrogens with zero attached hydrogens (tertiary/aromatic N) is 2. The molecule has 8 heteroatoms. The number of aromatic nitrogens is 2. The van der Waals surface area contributed by atoms with Crippen LogP contribution in [0.15, 0.2) is 34.9 Å². The highest BCUT2D eigenvalue weighted by atomic mass is 79.9. The molecule has 7 nitrogen and oxygen atoms in total. The molecule has 2 aromatic rings. The number of amides is 2. The number of halogens is 1. The summed E-state index contributed by atoms with van der Waals surface area (Å²) in [5.74, 6) is -0.464. The molecule has 2 amide bonds. The van der Waals surface area contributed by atoms with Crippen LogP contribution in [0, 0.1) is 6.92 Å². The molecule has 0 radical (unpaired) electrons. The summed E-state index contributed by atoms with van der Waals surface area (Å²) in [6.45, 7) is 3.67. The van der Waals surface area contributed by atoms with E-state index in [1.807, 2.05) is 24.3 Å². The first-order valence-corrected chi connectivity index (χ1v) is 7.36. The fourth-order valence-corrected chi connectivity index (χ4v) is 2.08. The van der Waals surface area contributed by atoms with Gasteiger partial charge in [0.25, 0.3) is 5.91 Å². The normalized spacial score (nSPS) is 10.1. The second-order valence-electron chi connectivity index (χ2n) is 4.33. The summed E-state index contributed by atoms with van der Waals surface area (Å²) in [7, 11) is 0. The largest absolute Gasteiger partial charge is 0.449 e. The third kappa shape index (κ3) is 3.64. The molecule has 0 bridgehead atoms. The van der Waals surface area contributed by atoms with Crippen molar-refractivity contribution in [3.8, 4) is 5.69 Å². The van der Waals surface area contributed by atoms with E-state index in [4.69, 9.17) is 0 Å². The number of ether oxygens (including phenoxy) is 1. The van der Waals surface area contributed by atoms with Gasteiger partial charge in [-0.15, -0.1) is 0 Å². The van der Waals surface area contributed by atoms with E-state index in [1.165, 1.54) is 6.20 Å². The Bertz CT molecular complexity index is 682. The van der Waals surface area contributed by atoms with Gasteiger partial charge in [0.1, 0.15) is 0 Å². The molecule has 0 atom stereocenters. The molecule has 0 spiro atoms. The average Bonchev–Trinajstić information content (AvgIpc) is 2.88. The highest BCUT2D eigenvalue weighted by Crippen LogP contribution is 2.17. The zero-order chi connectivity index (χ0) is 16.1. The van der Waals surface area contributed by atoms with Crippen LogP contribution in [-0.4, -0.2) is 28.4 Å². The second-order valence-corrected chi connectivity index (χ2v) is 5.25. The summed E-state index contributed by atoms with van der Waals surface area (Å²) in [4.78, 5) is 23.2. The first-order chi connectivity index (χ1) is 10.5. The number of rotatable bonds is 3. The predicted octanol–water partition coefficient (Wildman–Crippen LogP) is 2.33. The predicted molar refractivity (Wildman–Crippen MR) is 83.6 cm³/mol. The van der Waals surface area contributed by atoms with E-state index in [2.05, 4.69) is 36.6 Å². The van der Waals surface area contributed by atoms with Crippen LogP contribution in [0.5, 0.6) is 0 Å². The van der Waals surface area contributed by atoms with Crippen LogP contribution in [0.4, 0.5) is 4.79 Å². The average molecular weight is 367 g/mol. The second kappa shape index (κ2) is 7.08. The first kappa shape index (κ1) is 16.0. The Hall–Kier alpha value is -2.35. The van der Waals surface area contributed by atoms with Gasteiger partial charge in [-0.2, -0.15) is 5.10 Å². The van der Waals surface area contributed by atoms with Crippen LogP contribution >= 0.6 is 15.9 Å². The Labute approximate surface area is 135 Å². The molecule has 2 rings (SSSR count). The molecule has 116 valence electrons. The molecular formula is C14H15BrN4O3. The number of carbonyl (C=O) groups is 2. The number of hydrogen-bond donors (Lipinski definition) is 2. The molecular weight excluding hydrogens is 352 g/mol. The number of hydrazine groups is 1. The van der Waals surface area contributed by atoms with Crippen LogP contribution in [0.2, 0.25) is 0 Å². The number of benzene rings is 1. The van der Waals surface area contributed by atoms with Gasteiger partial charge < -0.3 is 4.74 Å². The van der Waals surface area contributed by atoms with Gasteiger partial charge in [0.15, 0.2) is 0 Å². The first-order valence-electron chi connectivity index (χ1n) is 6.56. The lowest BCUT2D eigenvalue weighted by atomic mass is 10.2. The van der Waals surface area contributed by atoms with Crippen molar-refractivity contribution in [1.82, 2.24) is 20.6 Å². The molecule has 1 aromatic carbocycles. The maximum Gasteiger partial charge on any atom is 0.426 e.